The smallest absolute Gasteiger partial charge is 0.430 e. The second-order valence-electron chi connectivity index (χ2n) is 5.83. The van der Waals surface area contributed by atoms with E-state index < -0.39 is 24.2 Å². The van der Waals surface area contributed by atoms with Crippen molar-refractivity contribution in [1.29, 1.82) is 0 Å². The molecular weight excluding hydrogens is 374 g/mol. The molecule has 0 spiro atoms. The van der Waals surface area contributed by atoms with Crippen molar-refractivity contribution < 1.29 is 35.8 Å². The molecule has 0 aliphatic heterocycles. The summed E-state index contributed by atoms with van der Waals surface area (Å²) in [5, 5.41) is 0. The van der Waals surface area contributed by atoms with Crippen molar-refractivity contribution in [3.63, 3.8) is 0 Å². The summed E-state index contributed by atoms with van der Waals surface area (Å²) in [7, 11) is 0. The highest BCUT2D eigenvalue weighted by Crippen LogP contribution is 2.36. The maximum absolute atomic E-state index is 13.2. The number of hydrogen-bond donors (Lipinski definition) is 0. The lowest BCUT2D eigenvalue weighted by atomic mass is 10.1. The van der Waals surface area contributed by atoms with Crippen molar-refractivity contribution in [1.82, 2.24) is 0 Å². The van der Waals surface area contributed by atoms with Crippen LogP contribution in [0.2, 0.25) is 0 Å². The monoisotopic (exact) mass is 392 g/mol. The number of ether oxygens (including phenoxy) is 2. The summed E-state index contributed by atoms with van der Waals surface area (Å²) in [5.41, 5.74) is 1.59. The first-order valence-electron chi connectivity index (χ1n) is 8.16. The third kappa shape index (κ3) is 5.89. The Labute approximate surface area is 152 Å². The largest absolute Gasteiger partial charge is 0.439 e. The van der Waals surface area contributed by atoms with Crippen LogP contribution in [0, 0.1) is 0 Å². The molecule has 0 aliphatic rings. The van der Waals surface area contributed by atoms with Gasteiger partial charge in [0, 0.05) is 0 Å². The lowest BCUT2D eigenvalue weighted by molar-refractivity contribution is -0.304. The minimum Gasteiger partial charge on any atom is -0.430 e. The number of hydrogen-bond acceptors (Lipinski definition) is 2. The Bertz CT molecular complexity index is 700. The van der Waals surface area contributed by atoms with Gasteiger partial charge in [-0.15, -0.1) is 0 Å². The van der Waals surface area contributed by atoms with E-state index in [0.717, 1.165) is 17.7 Å². The molecular formula is C19H18F6O2. The minimum atomic E-state index is -5.72. The molecule has 0 radical (unpaired) electrons. The van der Waals surface area contributed by atoms with Crippen molar-refractivity contribution in [2.45, 2.75) is 44.5 Å². The van der Waals surface area contributed by atoms with Crippen LogP contribution in [-0.2, 0) is 11.3 Å². The molecule has 2 atom stereocenters. The zero-order valence-corrected chi connectivity index (χ0v) is 14.3. The van der Waals surface area contributed by atoms with Crippen LogP contribution in [0.25, 0.3) is 0 Å². The van der Waals surface area contributed by atoms with Crippen LogP contribution in [0.3, 0.4) is 0 Å². The molecule has 8 heteroatoms. The van der Waals surface area contributed by atoms with E-state index in [4.69, 9.17) is 4.74 Å². The first kappa shape index (κ1) is 21.1. The molecule has 2 aromatic rings. The Morgan fingerprint density at radius 3 is 2.00 bits per heavy atom. The maximum atomic E-state index is 13.2. The van der Waals surface area contributed by atoms with Gasteiger partial charge in [0.2, 0.25) is 0 Å². The van der Waals surface area contributed by atoms with Crippen LogP contribution >= 0.6 is 0 Å². The molecule has 0 aromatic heterocycles. The zero-order chi connectivity index (χ0) is 20.1. The van der Waals surface area contributed by atoms with E-state index in [9.17, 15) is 26.3 Å². The first-order chi connectivity index (χ1) is 12.6. The molecule has 0 saturated heterocycles. The second-order valence-corrected chi connectivity index (χ2v) is 5.83. The lowest BCUT2D eigenvalue weighted by Gasteiger charge is -2.23. The van der Waals surface area contributed by atoms with E-state index in [2.05, 4.69) is 4.74 Å². The van der Waals surface area contributed by atoms with Gasteiger partial charge in [-0.2, -0.15) is 22.0 Å². The molecule has 2 aromatic carbocycles. The van der Waals surface area contributed by atoms with E-state index in [1.54, 1.807) is 0 Å². The molecule has 2 unspecified atom stereocenters. The summed E-state index contributed by atoms with van der Waals surface area (Å²) < 4.78 is 85.3. The number of alkyl halides is 6. The average molecular weight is 392 g/mol. The molecule has 0 fully saturated rings. The molecule has 2 nitrogen and oxygen atoms in total. The summed E-state index contributed by atoms with van der Waals surface area (Å²) in [6.45, 7) is 2.11. The highest BCUT2D eigenvalue weighted by atomic mass is 19.4. The van der Waals surface area contributed by atoms with Crippen molar-refractivity contribution in [3.05, 3.63) is 65.7 Å². The third-order valence-electron chi connectivity index (χ3n) is 3.75. The Kier molecular flexibility index (Phi) is 6.75. The summed E-state index contributed by atoms with van der Waals surface area (Å²) >= 11 is 0. The summed E-state index contributed by atoms with van der Waals surface area (Å²) in [5.74, 6) is -0.578. The van der Waals surface area contributed by atoms with E-state index in [0.29, 0.717) is 12.0 Å². The van der Waals surface area contributed by atoms with Crippen LogP contribution < -0.4 is 4.74 Å². The van der Waals surface area contributed by atoms with Crippen LogP contribution in [0.4, 0.5) is 26.3 Å². The van der Waals surface area contributed by atoms with E-state index in [-0.39, 0.29) is 12.7 Å². The molecule has 0 saturated carbocycles. The van der Waals surface area contributed by atoms with Gasteiger partial charge in [0.15, 0.2) is 0 Å². The second kappa shape index (κ2) is 8.65. The fourth-order valence-electron chi connectivity index (χ4n) is 2.37. The topological polar surface area (TPSA) is 18.5 Å². The summed E-state index contributed by atoms with van der Waals surface area (Å²) in [4.78, 5) is 0. The fraction of sp³-hybridized carbons (Fsp3) is 0.368. The number of benzene rings is 2. The highest BCUT2D eigenvalue weighted by Gasteiger charge is 2.59. The van der Waals surface area contributed by atoms with Gasteiger partial charge in [0.1, 0.15) is 5.75 Å². The van der Waals surface area contributed by atoms with E-state index >= 15 is 0 Å². The standard InChI is InChI=1S/C19H18F6O2/c1-2-16(14-6-4-3-5-7-14)26-12-13-8-10-15(11-9-13)27-19(24,25)17(20)18(21,22)23/h3-11,16-17H,2,12H2,1H3. The average Bonchev–Trinajstić information content (AvgIpc) is 2.63. The van der Waals surface area contributed by atoms with Gasteiger partial charge < -0.3 is 9.47 Å². The third-order valence-corrected chi connectivity index (χ3v) is 3.75. The van der Waals surface area contributed by atoms with Gasteiger partial charge in [-0.1, -0.05) is 49.4 Å². The Morgan fingerprint density at radius 2 is 1.48 bits per heavy atom. The molecule has 0 heterocycles. The Balaban J connectivity index is 1.97. The minimum absolute atomic E-state index is 0.162. The zero-order valence-electron chi connectivity index (χ0n) is 14.3. The highest BCUT2D eigenvalue weighted by molar-refractivity contribution is 5.27. The van der Waals surface area contributed by atoms with Gasteiger partial charge in [-0.05, 0) is 29.7 Å². The predicted octanol–water partition coefficient (Wildman–Crippen LogP) is 6.23. The summed E-state index contributed by atoms with van der Waals surface area (Å²) in [6, 6.07) is 14.3. The predicted molar refractivity (Wildman–Crippen MR) is 87.2 cm³/mol. The van der Waals surface area contributed by atoms with E-state index in [1.165, 1.54) is 12.1 Å². The molecule has 0 aliphatic carbocycles. The summed E-state index contributed by atoms with van der Waals surface area (Å²) in [6.07, 6.45) is -14.6. The molecule has 0 amide bonds. The molecule has 27 heavy (non-hydrogen) atoms. The van der Waals surface area contributed by atoms with Gasteiger partial charge in [0.25, 0.3) is 6.17 Å². The molecule has 0 N–H and O–H groups in total. The Hall–Kier alpha value is -2.22. The first-order valence-corrected chi connectivity index (χ1v) is 8.16. The normalized spacial score (nSPS) is 14.6. The van der Waals surface area contributed by atoms with Crippen LogP contribution in [0.15, 0.2) is 54.6 Å². The SMILES string of the molecule is CCC(OCc1ccc(OC(F)(F)C(F)C(F)(F)F)cc1)c1ccccc1. The Morgan fingerprint density at radius 1 is 0.889 bits per heavy atom. The van der Waals surface area contributed by atoms with Crippen molar-refractivity contribution in [2.24, 2.45) is 0 Å². The van der Waals surface area contributed by atoms with Crippen LogP contribution in [-0.4, -0.2) is 18.5 Å². The van der Waals surface area contributed by atoms with Gasteiger partial charge in [0.05, 0.1) is 12.7 Å². The maximum Gasteiger partial charge on any atom is 0.439 e. The van der Waals surface area contributed by atoms with Crippen molar-refractivity contribution >= 4 is 0 Å². The van der Waals surface area contributed by atoms with Gasteiger partial charge in [-0.25, -0.2) is 4.39 Å². The number of rotatable bonds is 8. The van der Waals surface area contributed by atoms with Gasteiger partial charge in [-0.3, -0.25) is 0 Å². The van der Waals surface area contributed by atoms with Gasteiger partial charge >= 0.3 is 12.3 Å². The number of halogens is 6. The van der Waals surface area contributed by atoms with Crippen molar-refractivity contribution in [3.8, 4) is 5.75 Å². The van der Waals surface area contributed by atoms with Crippen molar-refractivity contribution in [2.75, 3.05) is 0 Å². The van der Waals surface area contributed by atoms with Crippen LogP contribution in [0.1, 0.15) is 30.6 Å². The quantitative estimate of drug-likeness (QED) is 0.496. The van der Waals surface area contributed by atoms with Crippen LogP contribution in [0.5, 0.6) is 5.75 Å². The van der Waals surface area contributed by atoms with E-state index in [1.807, 2.05) is 37.3 Å². The molecule has 0 bridgehead atoms. The molecule has 148 valence electrons. The molecule has 2 rings (SSSR count). The fourth-order valence-corrected chi connectivity index (χ4v) is 2.37. The lowest BCUT2D eigenvalue weighted by Crippen LogP contribution is -2.45.